The minimum absolute atomic E-state index is 0.0445. The molecule has 0 bridgehead atoms. The minimum atomic E-state index is -3.64. The summed E-state index contributed by atoms with van der Waals surface area (Å²) in [4.78, 5) is 13.9. The molecular weight excluding hydrogens is 280 g/mol. The van der Waals surface area contributed by atoms with Gasteiger partial charge in [-0.1, -0.05) is 12.1 Å². The third-order valence-corrected chi connectivity index (χ3v) is 4.76. The lowest BCUT2D eigenvalue weighted by Crippen LogP contribution is -2.35. The molecule has 2 aliphatic rings. The van der Waals surface area contributed by atoms with E-state index < -0.39 is 10.0 Å². The SMILES string of the molecule is O=C(CN1C=NS(=O)(=O)c2ccccc21)C1CCOC1. The molecule has 1 aromatic carbocycles. The molecule has 0 aromatic heterocycles. The van der Waals surface area contributed by atoms with E-state index in [2.05, 4.69) is 4.40 Å². The van der Waals surface area contributed by atoms with E-state index in [-0.39, 0.29) is 23.1 Å². The summed E-state index contributed by atoms with van der Waals surface area (Å²) in [6, 6.07) is 6.56. The fourth-order valence-corrected chi connectivity index (χ4v) is 3.41. The summed E-state index contributed by atoms with van der Waals surface area (Å²) in [7, 11) is -3.64. The number of ether oxygens (including phenoxy) is 1. The summed E-state index contributed by atoms with van der Waals surface area (Å²) < 4.78 is 32.4. The van der Waals surface area contributed by atoms with Crippen molar-refractivity contribution in [1.29, 1.82) is 0 Å². The first-order valence-electron chi connectivity index (χ1n) is 6.34. The first-order valence-corrected chi connectivity index (χ1v) is 7.78. The Morgan fingerprint density at radius 3 is 2.95 bits per heavy atom. The van der Waals surface area contributed by atoms with Crippen LogP contribution in [0.2, 0.25) is 0 Å². The van der Waals surface area contributed by atoms with Gasteiger partial charge in [-0.05, 0) is 18.6 Å². The van der Waals surface area contributed by atoms with E-state index >= 15 is 0 Å². The fourth-order valence-electron chi connectivity index (χ4n) is 2.36. The predicted molar refractivity (Wildman–Crippen MR) is 73.4 cm³/mol. The Hall–Kier alpha value is -1.73. The van der Waals surface area contributed by atoms with Gasteiger partial charge < -0.3 is 9.64 Å². The van der Waals surface area contributed by atoms with Gasteiger partial charge in [-0.25, -0.2) is 0 Å². The van der Waals surface area contributed by atoms with Crippen molar-refractivity contribution >= 4 is 27.8 Å². The molecule has 0 radical (unpaired) electrons. The Kier molecular flexibility index (Phi) is 3.31. The molecule has 0 aliphatic carbocycles. The number of sulfonamides is 1. The third-order valence-electron chi connectivity index (χ3n) is 3.49. The van der Waals surface area contributed by atoms with Crippen LogP contribution in [0.25, 0.3) is 0 Å². The molecule has 1 atom stereocenters. The minimum Gasteiger partial charge on any atom is -0.381 e. The van der Waals surface area contributed by atoms with Gasteiger partial charge in [-0.3, -0.25) is 4.79 Å². The largest absolute Gasteiger partial charge is 0.381 e. The molecule has 6 nitrogen and oxygen atoms in total. The van der Waals surface area contributed by atoms with Crippen molar-refractivity contribution in [3.05, 3.63) is 24.3 Å². The highest BCUT2D eigenvalue weighted by molar-refractivity contribution is 7.90. The molecular formula is C13H14N2O4S. The summed E-state index contributed by atoms with van der Waals surface area (Å²) in [5.74, 6) is -0.0582. The van der Waals surface area contributed by atoms with Crippen LogP contribution >= 0.6 is 0 Å². The number of nitrogens with zero attached hydrogens (tertiary/aromatic N) is 2. The highest BCUT2D eigenvalue weighted by Gasteiger charge is 2.29. The second-order valence-corrected chi connectivity index (χ2v) is 6.42. The molecule has 20 heavy (non-hydrogen) atoms. The van der Waals surface area contributed by atoms with Crippen LogP contribution in [0.5, 0.6) is 0 Å². The molecule has 1 unspecified atom stereocenters. The molecule has 3 rings (SSSR count). The molecule has 1 aromatic rings. The summed E-state index contributed by atoms with van der Waals surface area (Å²) in [6.45, 7) is 1.17. The Morgan fingerprint density at radius 2 is 2.20 bits per heavy atom. The Labute approximate surface area is 117 Å². The molecule has 2 aliphatic heterocycles. The molecule has 106 valence electrons. The Balaban J connectivity index is 1.86. The van der Waals surface area contributed by atoms with E-state index in [0.29, 0.717) is 18.9 Å². The number of benzene rings is 1. The number of fused-ring (bicyclic) bond motifs is 1. The topological polar surface area (TPSA) is 76.0 Å². The van der Waals surface area contributed by atoms with Gasteiger partial charge in [-0.2, -0.15) is 8.42 Å². The van der Waals surface area contributed by atoms with Crippen molar-refractivity contribution in [3.63, 3.8) is 0 Å². The van der Waals surface area contributed by atoms with Gasteiger partial charge >= 0.3 is 0 Å². The zero-order chi connectivity index (χ0) is 14.2. The van der Waals surface area contributed by atoms with Crippen LogP contribution in [-0.4, -0.2) is 40.3 Å². The number of hydrogen-bond donors (Lipinski definition) is 0. The summed E-state index contributed by atoms with van der Waals surface area (Å²) >= 11 is 0. The van der Waals surface area contributed by atoms with Crippen molar-refractivity contribution in [2.45, 2.75) is 11.3 Å². The Bertz CT molecular complexity index is 663. The maximum Gasteiger partial charge on any atom is 0.285 e. The summed E-state index contributed by atoms with van der Waals surface area (Å²) in [5.41, 5.74) is 0.495. The lowest BCUT2D eigenvalue weighted by molar-refractivity contribution is -0.121. The van der Waals surface area contributed by atoms with Crippen molar-refractivity contribution < 1.29 is 17.9 Å². The van der Waals surface area contributed by atoms with Gasteiger partial charge in [0.1, 0.15) is 11.2 Å². The molecule has 1 saturated heterocycles. The number of anilines is 1. The second kappa shape index (κ2) is 4.99. The summed E-state index contributed by atoms with van der Waals surface area (Å²) in [6.07, 6.45) is 1.94. The zero-order valence-corrected chi connectivity index (χ0v) is 11.5. The number of ketones is 1. The predicted octanol–water partition coefficient (Wildman–Crippen LogP) is 0.829. The number of rotatable bonds is 3. The first kappa shape index (κ1) is 13.3. The lowest BCUT2D eigenvalue weighted by Gasteiger charge is -2.25. The highest BCUT2D eigenvalue weighted by atomic mass is 32.2. The maximum absolute atomic E-state index is 12.2. The highest BCUT2D eigenvalue weighted by Crippen LogP contribution is 2.29. The van der Waals surface area contributed by atoms with Crippen molar-refractivity contribution in [3.8, 4) is 0 Å². The van der Waals surface area contributed by atoms with Crippen LogP contribution in [-0.2, 0) is 19.6 Å². The van der Waals surface area contributed by atoms with E-state index in [4.69, 9.17) is 4.74 Å². The van der Waals surface area contributed by atoms with Gasteiger partial charge in [0.15, 0.2) is 5.78 Å². The van der Waals surface area contributed by atoms with Crippen LogP contribution in [0, 0.1) is 5.92 Å². The van der Waals surface area contributed by atoms with Gasteiger partial charge in [0.2, 0.25) is 0 Å². The quantitative estimate of drug-likeness (QED) is 0.825. The maximum atomic E-state index is 12.2. The van der Waals surface area contributed by atoms with E-state index in [1.165, 1.54) is 12.4 Å². The van der Waals surface area contributed by atoms with E-state index in [1.54, 1.807) is 23.1 Å². The second-order valence-electron chi connectivity index (χ2n) is 4.82. The van der Waals surface area contributed by atoms with Crippen LogP contribution in [0.3, 0.4) is 0 Å². The van der Waals surface area contributed by atoms with Crippen LogP contribution in [0.4, 0.5) is 5.69 Å². The molecule has 0 amide bonds. The average Bonchev–Trinajstić information content (AvgIpc) is 2.96. The zero-order valence-electron chi connectivity index (χ0n) is 10.7. The number of carbonyl (C=O) groups is 1. The normalized spacial score (nSPS) is 23.6. The number of hydrogen-bond acceptors (Lipinski definition) is 5. The number of carbonyl (C=O) groups excluding carboxylic acids is 1. The Morgan fingerprint density at radius 1 is 1.40 bits per heavy atom. The first-order chi connectivity index (χ1) is 9.58. The van der Waals surface area contributed by atoms with Gasteiger partial charge in [0.05, 0.1) is 18.8 Å². The lowest BCUT2D eigenvalue weighted by atomic mass is 10.0. The van der Waals surface area contributed by atoms with Crippen LogP contribution in [0.1, 0.15) is 6.42 Å². The number of para-hydroxylation sites is 1. The van der Waals surface area contributed by atoms with Gasteiger partial charge in [0, 0.05) is 12.5 Å². The average molecular weight is 294 g/mol. The van der Waals surface area contributed by atoms with Crippen LogP contribution < -0.4 is 4.90 Å². The number of Topliss-reactive ketones (excluding diaryl/α,β-unsaturated/α-hetero) is 1. The molecule has 7 heteroatoms. The molecule has 0 N–H and O–H groups in total. The van der Waals surface area contributed by atoms with E-state index in [0.717, 1.165) is 6.42 Å². The molecule has 1 fully saturated rings. The standard InChI is InChI=1S/C13H14N2O4S/c16-12(10-5-6-19-8-10)7-15-9-14-20(17,18)13-4-2-1-3-11(13)15/h1-4,9-10H,5-8H2. The molecule has 0 spiro atoms. The monoisotopic (exact) mass is 294 g/mol. The van der Waals surface area contributed by atoms with Crippen molar-refractivity contribution in [1.82, 2.24) is 0 Å². The van der Waals surface area contributed by atoms with Crippen molar-refractivity contribution in [2.75, 3.05) is 24.7 Å². The van der Waals surface area contributed by atoms with Gasteiger partial charge in [0.25, 0.3) is 10.0 Å². The van der Waals surface area contributed by atoms with Crippen LogP contribution in [0.15, 0.2) is 33.6 Å². The fraction of sp³-hybridized carbons (Fsp3) is 0.385. The van der Waals surface area contributed by atoms with Crippen molar-refractivity contribution in [2.24, 2.45) is 10.3 Å². The van der Waals surface area contributed by atoms with E-state index in [9.17, 15) is 13.2 Å². The summed E-state index contributed by atoms with van der Waals surface area (Å²) in [5, 5.41) is 0. The van der Waals surface area contributed by atoms with E-state index in [1.807, 2.05) is 0 Å². The molecule has 2 heterocycles. The van der Waals surface area contributed by atoms with Gasteiger partial charge in [-0.15, -0.1) is 4.40 Å². The molecule has 0 saturated carbocycles. The smallest absolute Gasteiger partial charge is 0.285 e. The third kappa shape index (κ3) is 2.34.